The minimum absolute atomic E-state index is 0.0237. The molecule has 3 aromatic carbocycles. The summed E-state index contributed by atoms with van der Waals surface area (Å²) in [5, 5.41) is 13.3. The first-order chi connectivity index (χ1) is 13.7. The summed E-state index contributed by atoms with van der Waals surface area (Å²) in [4.78, 5) is 1.94. The Morgan fingerprint density at radius 1 is 0.964 bits per heavy atom. The fraction of sp³-hybridized carbons (Fsp3) is 0.174. The van der Waals surface area contributed by atoms with Gasteiger partial charge in [0, 0.05) is 13.1 Å². The predicted octanol–water partition coefficient (Wildman–Crippen LogP) is 4.55. The molecule has 0 aliphatic heterocycles. The fourth-order valence-electron chi connectivity index (χ4n) is 2.99. The van der Waals surface area contributed by atoms with E-state index in [2.05, 4.69) is 17.4 Å². The molecule has 0 aliphatic rings. The third kappa shape index (κ3) is 5.09. The van der Waals surface area contributed by atoms with Gasteiger partial charge in [0.05, 0.1) is 19.4 Å². The van der Waals surface area contributed by atoms with E-state index in [9.17, 15) is 5.11 Å². The van der Waals surface area contributed by atoms with Gasteiger partial charge >= 0.3 is 0 Å². The van der Waals surface area contributed by atoms with Crippen LogP contribution < -0.4 is 10.1 Å². The van der Waals surface area contributed by atoms with Gasteiger partial charge in [-0.05, 0) is 41.0 Å². The lowest BCUT2D eigenvalue weighted by Crippen LogP contribution is -2.36. The molecular formula is C23H24N2O2S. The molecule has 144 valence electrons. The van der Waals surface area contributed by atoms with Crippen molar-refractivity contribution < 1.29 is 9.84 Å². The largest absolute Gasteiger partial charge is 0.495 e. The van der Waals surface area contributed by atoms with Crippen LogP contribution in [0, 0.1) is 0 Å². The van der Waals surface area contributed by atoms with E-state index in [0.717, 1.165) is 22.4 Å². The van der Waals surface area contributed by atoms with Crippen molar-refractivity contribution in [2.45, 2.75) is 6.54 Å². The zero-order valence-corrected chi connectivity index (χ0v) is 16.7. The molecule has 0 bridgehead atoms. The van der Waals surface area contributed by atoms with Gasteiger partial charge in [0.1, 0.15) is 5.75 Å². The second-order valence-corrected chi connectivity index (χ2v) is 6.73. The molecular weight excluding hydrogens is 368 g/mol. The van der Waals surface area contributed by atoms with Crippen LogP contribution in [0.4, 0.5) is 5.69 Å². The van der Waals surface area contributed by atoms with Gasteiger partial charge in [0.15, 0.2) is 5.11 Å². The molecule has 3 rings (SSSR count). The molecule has 0 saturated carbocycles. The van der Waals surface area contributed by atoms with Crippen LogP contribution in [-0.4, -0.2) is 35.4 Å². The molecule has 0 heterocycles. The molecule has 0 saturated heterocycles. The molecule has 3 aromatic rings. The number of nitrogens with zero attached hydrogens (tertiary/aromatic N) is 1. The van der Waals surface area contributed by atoms with E-state index in [1.54, 1.807) is 7.11 Å². The number of ether oxygens (including phenoxy) is 1. The second-order valence-electron chi connectivity index (χ2n) is 6.34. The molecule has 0 atom stereocenters. The number of thiocarbonyl (C=S) groups is 1. The van der Waals surface area contributed by atoms with E-state index >= 15 is 0 Å². The Labute approximate surface area is 171 Å². The Bertz CT molecular complexity index is 901. The average Bonchev–Trinajstić information content (AvgIpc) is 2.74. The summed E-state index contributed by atoms with van der Waals surface area (Å²) < 4.78 is 5.51. The first-order valence-corrected chi connectivity index (χ1v) is 9.56. The Morgan fingerprint density at radius 2 is 1.64 bits per heavy atom. The first kappa shape index (κ1) is 19.9. The number of hydrogen-bond donors (Lipinski definition) is 2. The zero-order valence-electron chi connectivity index (χ0n) is 15.8. The maximum absolute atomic E-state index is 9.47. The van der Waals surface area contributed by atoms with Crippen molar-refractivity contribution in [3.8, 4) is 16.9 Å². The number of aliphatic hydroxyl groups excluding tert-OH is 1. The van der Waals surface area contributed by atoms with Crippen molar-refractivity contribution in [1.29, 1.82) is 0 Å². The summed E-state index contributed by atoms with van der Waals surface area (Å²) in [5.41, 5.74) is 4.12. The van der Waals surface area contributed by atoms with Crippen molar-refractivity contribution in [3.63, 3.8) is 0 Å². The lowest BCUT2D eigenvalue weighted by atomic mass is 10.0. The molecule has 2 N–H and O–H groups in total. The maximum atomic E-state index is 9.47. The molecule has 0 spiro atoms. The van der Waals surface area contributed by atoms with Crippen LogP contribution in [0.1, 0.15) is 5.56 Å². The van der Waals surface area contributed by atoms with Crippen LogP contribution in [0.2, 0.25) is 0 Å². The molecule has 5 heteroatoms. The van der Waals surface area contributed by atoms with Crippen molar-refractivity contribution in [2.75, 3.05) is 25.6 Å². The van der Waals surface area contributed by atoms with Crippen LogP contribution >= 0.6 is 12.2 Å². The van der Waals surface area contributed by atoms with E-state index in [4.69, 9.17) is 17.0 Å². The maximum Gasteiger partial charge on any atom is 0.173 e. The molecule has 0 fully saturated rings. The van der Waals surface area contributed by atoms with Gasteiger partial charge in [-0.15, -0.1) is 0 Å². The van der Waals surface area contributed by atoms with Crippen LogP contribution in [0.15, 0.2) is 78.9 Å². The van der Waals surface area contributed by atoms with Gasteiger partial charge in [-0.25, -0.2) is 0 Å². The molecule has 0 aromatic heterocycles. The lowest BCUT2D eigenvalue weighted by Gasteiger charge is -2.26. The molecule has 0 amide bonds. The van der Waals surface area contributed by atoms with Gasteiger partial charge in [-0.3, -0.25) is 0 Å². The topological polar surface area (TPSA) is 44.7 Å². The molecule has 0 radical (unpaired) electrons. The zero-order chi connectivity index (χ0) is 19.8. The summed E-state index contributed by atoms with van der Waals surface area (Å²) in [7, 11) is 1.64. The van der Waals surface area contributed by atoms with Crippen LogP contribution in [-0.2, 0) is 6.54 Å². The average molecular weight is 393 g/mol. The highest BCUT2D eigenvalue weighted by molar-refractivity contribution is 7.80. The van der Waals surface area contributed by atoms with Gasteiger partial charge in [-0.1, -0.05) is 66.7 Å². The highest BCUT2D eigenvalue weighted by Gasteiger charge is 2.13. The Morgan fingerprint density at radius 3 is 2.29 bits per heavy atom. The van der Waals surface area contributed by atoms with Gasteiger partial charge in [0.2, 0.25) is 0 Å². The minimum atomic E-state index is 0.0237. The molecule has 28 heavy (non-hydrogen) atoms. The Kier molecular flexibility index (Phi) is 7.00. The molecule has 0 aliphatic carbocycles. The summed E-state index contributed by atoms with van der Waals surface area (Å²) in [6, 6.07) is 26.2. The highest BCUT2D eigenvalue weighted by Crippen LogP contribution is 2.31. The molecule has 4 nitrogen and oxygen atoms in total. The summed E-state index contributed by atoms with van der Waals surface area (Å²) in [6.07, 6.45) is 0. The highest BCUT2D eigenvalue weighted by atomic mass is 32.1. The standard InChI is InChI=1S/C23H24N2O2S/c1-27-22-13-12-20(19-10-6-3-7-11-19)16-21(22)24-23(28)25(14-15-26)17-18-8-4-2-5-9-18/h2-13,16,26H,14-15,17H2,1H3,(H,24,28). The number of benzene rings is 3. The van der Waals surface area contributed by atoms with Crippen LogP contribution in [0.5, 0.6) is 5.75 Å². The van der Waals surface area contributed by atoms with Crippen LogP contribution in [0.3, 0.4) is 0 Å². The van der Waals surface area contributed by atoms with Crippen molar-refractivity contribution >= 4 is 23.0 Å². The SMILES string of the molecule is COc1ccc(-c2ccccc2)cc1NC(=S)N(CCO)Cc1ccccc1. The lowest BCUT2D eigenvalue weighted by molar-refractivity contribution is 0.248. The van der Waals surface area contributed by atoms with Gasteiger partial charge < -0.3 is 20.1 Å². The third-order valence-electron chi connectivity index (χ3n) is 4.42. The summed E-state index contributed by atoms with van der Waals surface area (Å²) in [6.45, 7) is 1.09. The number of methoxy groups -OCH3 is 1. The molecule has 0 unspecified atom stereocenters. The Balaban J connectivity index is 1.82. The van der Waals surface area contributed by atoms with Gasteiger partial charge in [0.25, 0.3) is 0 Å². The number of aliphatic hydroxyl groups is 1. The van der Waals surface area contributed by atoms with E-state index in [1.165, 1.54) is 0 Å². The monoisotopic (exact) mass is 392 g/mol. The third-order valence-corrected chi connectivity index (χ3v) is 4.78. The number of hydrogen-bond acceptors (Lipinski definition) is 3. The first-order valence-electron chi connectivity index (χ1n) is 9.15. The van der Waals surface area contributed by atoms with E-state index in [1.807, 2.05) is 71.6 Å². The van der Waals surface area contributed by atoms with Crippen molar-refractivity contribution in [3.05, 3.63) is 84.4 Å². The van der Waals surface area contributed by atoms with E-state index in [-0.39, 0.29) is 6.61 Å². The van der Waals surface area contributed by atoms with Gasteiger partial charge in [-0.2, -0.15) is 0 Å². The minimum Gasteiger partial charge on any atom is -0.495 e. The van der Waals surface area contributed by atoms with Crippen molar-refractivity contribution in [2.24, 2.45) is 0 Å². The second kappa shape index (κ2) is 9.88. The number of nitrogens with one attached hydrogen (secondary N) is 1. The summed E-state index contributed by atoms with van der Waals surface area (Å²) >= 11 is 5.64. The number of anilines is 1. The quantitative estimate of drug-likeness (QED) is 0.578. The van der Waals surface area contributed by atoms with Crippen molar-refractivity contribution in [1.82, 2.24) is 4.90 Å². The predicted molar refractivity (Wildman–Crippen MR) is 119 cm³/mol. The Hall–Kier alpha value is -2.89. The number of rotatable bonds is 7. The normalized spacial score (nSPS) is 10.4. The van der Waals surface area contributed by atoms with E-state index < -0.39 is 0 Å². The van der Waals surface area contributed by atoms with E-state index in [0.29, 0.717) is 24.0 Å². The fourth-order valence-corrected chi connectivity index (χ4v) is 3.25. The van der Waals surface area contributed by atoms with Crippen LogP contribution in [0.25, 0.3) is 11.1 Å². The smallest absolute Gasteiger partial charge is 0.173 e. The summed E-state index contributed by atoms with van der Waals surface area (Å²) in [5.74, 6) is 0.714.